The van der Waals surface area contributed by atoms with Crippen LogP contribution < -0.4 is 0 Å². The quantitative estimate of drug-likeness (QED) is 0.523. The van der Waals surface area contributed by atoms with Gasteiger partial charge < -0.3 is 0 Å². The number of nitrogens with zero attached hydrogens (tertiary/aromatic N) is 3. The zero-order valence-corrected chi connectivity index (χ0v) is 12.2. The summed E-state index contributed by atoms with van der Waals surface area (Å²) in [7, 11) is 0. The Bertz CT molecular complexity index is 788. The van der Waals surface area contributed by atoms with Gasteiger partial charge in [0, 0.05) is 20.3 Å². The summed E-state index contributed by atoms with van der Waals surface area (Å²) in [6, 6.07) is 10.8. The first-order chi connectivity index (χ1) is 9.65. The summed E-state index contributed by atoms with van der Waals surface area (Å²) in [5, 5.41) is 18.3. The SMILES string of the molecule is O=[N+]([O-])c1ccc(Sc2ccc(Br)cc2)c2nonc12. The van der Waals surface area contributed by atoms with Crippen molar-refractivity contribution in [2.24, 2.45) is 0 Å². The van der Waals surface area contributed by atoms with Gasteiger partial charge in [-0.2, -0.15) is 0 Å². The molecule has 0 saturated heterocycles. The zero-order valence-electron chi connectivity index (χ0n) is 9.82. The predicted molar refractivity (Wildman–Crippen MR) is 76.7 cm³/mol. The number of rotatable bonds is 3. The maximum Gasteiger partial charge on any atom is 0.300 e. The van der Waals surface area contributed by atoms with Crippen molar-refractivity contribution in [1.82, 2.24) is 10.3 Å². The Labute approximate surface area is 125 Å². The van der Waals surface area contributed by atoms with Crippen LogP contribution in [0.25, 0.3) is 11.0 Å². The van der Waals surface area contributed by atoms with E-state index in [-0.39, 0.29) is 11.2 Å². The molecule has 0 aliphatic carbocycles. The lowest BCUT2D eigenvalue weighted by Gasteiger charge is -2.02. The molecule has 100 valence electrons. The van der Waals surface area contributed by atoms with Crippen molar-refractivity contribution in [3.05, 3.63) is 51.0 Å². The third-order valence-corrected chi connectivity index (χ3v) is 4.18. The monoisotopic (exact) mass is 351 g/mol. The Kier molecular flexibility index (Phi) is 3.41. The van der Waals surface area contributed by atoms with E-state index < -0.39 is 4.92 Å². The number of hydrogen-bond donors (Lipinski definition) is 0. The molecular weight excluding hydrogens is 346 g/mol. The Balaban J connectivity index is 2.04. The largest absolute Gasteiger partial charge is 0.300 e. The lowest BCUT2D eigenvalue weighted by atomic mass is 10.3. The number of non-ortho nitro benzene ring substituents is 1. The van der Waals surface area contributed by atoms with Crippen LogP contribution in [-0.2, 0) is 0 Å². The minimum absolute atomic E-state index is 0.110. The van der Waals surface area contributed by atoms with Crippen LogP contribution in [0.4, 0.5) is 5.69 Å². The van der Waals surface area contributed by atoms with Crippen molar-refractivity contribution in [1.29, 1.82) is 0 Å². The molecule has 2 aromatic carbocycles. The molecule has 1 heterocycles. The van der Waals surface area contributed by atoms with Gasteiger partial charge in [-0.05, 0) is 40.6 Å². The summed E-state index contributed by atoms with van der Waals surface area (Å²) in [5.74, 6) is 0. The molecule has 0 amide bonds. The first kappa shape index (κ1) is 13.1. The van der Waals surface area contributed by atoms with Gasteiger partial charge in [-0.15, -0.1) is 0 Å². The van der Waals surface area contributed by atoms with Crippen molar-refractivity contribution in [3.8, 4) is 0 Å². The fraction of sp³-hybridized carbons (Fsp3) is 0. The Hall–Kier alpha value is -1.93. The molecule has 0 spiro atoms. The molecule has 3 aromatic rings. The van der Waals surface area contributed by atoms with Crippen molar-refractivity contribution in [2.45, 2.75) is 9.79 Å². The molecule has 0 fully saturated rings. The summed E-state index contributed by atoms with van der Waals surface area (Å²) in [5.41, 5.74) is 0.450. The van der Waals surface area contributed by atoms with Crippen LogP contribution in [0.2, 0.25) is 0 Å². The maximum absolute atomic E-state index is 10.9. The molecule has 3 rings (SSSR count). The summed E-state index contributed by atoms with van der Waals surface area (Å²) in [4.78, 5) is 12.2. The third kappa shape index (κ3) is 2.39. The number of benzene rings is 2. The molecule has 8 heteroatoms. The maximum atomic E-state index is 10.9. The second-order valence-corrected chi connectivity index (χ2v) is 5.89. The molecule has 0 bridgehead atoms. The standard InChI is InChI=1S/C12H6BrN3O3S/c13-7-1-3-8(4-2-7)20-10-6-5-9(16(17)18)11-12(10)15-19-14-11/h1-6H. The minimum atomic E-state index is -0.499. The minimum Gasteiger partial charge on any atom is -0.258 e. The molecule has 0 atom stereocenters. The summed E-state index contributed by atoms with van der Waals surface area (Å²) in [6.45, 7) is 0. The highest BCUT2D eigenvalue weighted by Crippen LogP contribution is 2.35. The van der Waals surface area contributed by atoms with Crippen molar-refractivity contribution >= 4 is 44.4 Å². The molecule has 0 N–H and O–H groups in total. The summed E-state index contributed by atoms with van der Waals surface area (Å²) in [6.07, 6.45) is 0. The summed E-state index contributed by atoms with van der Waals surface area (Å²) < 4.78 is 5.61. The van der Waals surface area contributed by atoms with E-state index in [1.165, 1.54) is 17.8 Å². The van der Waals surface area contributed by atoms with Gasteiger partial charge in [-0.25, -0.2) is 4.63 Å². The first-order valence-corrected chi connectivity index (χ1v) is 7.09. The number of hydrogen-bond acceptors (Lipinski definition) is 6. The third-order valence-electron chi connectivity index (χ3n) is 2.60. The van der Waals surface area contributed by atoms with Crippen LogP contribution in [-0.4, -0.2) is 15.2 Å². The van der Waals surface area contributed by atoms with E-state index in [9.17, 15) is 10.1 Å². The average molecular weight is 352 g/mol. The Morgan fingerprint density at radius 3 is 2.50 bits per heavy atom. The van der Waals surface area contributed by atoms with E-state index in [1.54, 1.807) is 6.07 Å². The van der Waals surface area contributed by atoms with Crippen molar-refractivity contribution in [2.75, 3.05) is 0 Å². The van der Waals surface area contributed by atoms with Crippen LogP contribution in [0.1, 0.15) is 0 Å². The highest BCUT2D eigenvalue weighted by molar-refractivity contribution is 9.10. The first-order valence-electron chi connectivity index (χ1n) is 5.48. The fourth-order valence-corrected chi connectivity index (χ4v) is 2.85. The number of aromatic nitrogens is 2. The second kappa shape index (κ2) is 5.22. The van der Waals surface area contributed by atoms with Gasteiger partial charge >= 0.3 is 5.69 Å². The van der Waals surface area contributed by atoms with Crippen LogP contribution in [0.15, 0.2) is 55.3 Å². The molecule has 1 aromatic heterocycles. The van der Waals surface area contributed by atoms with E-state index in [4.69, 9.17) is 0 Å². The lowest BCUT2D eigenvalue weighted by molar-refractivity contribution is -0.383. The molecule has 6 nitrogen and oxygen atoms in total. The van der Waals surface area contributed by atoms with Gasteiger partial charge in [0.25, 0.3) is 0 Å². The molecule has 0 unspecified atom stereocenters. The van der Waals surface area contributed by atoms with Crippen LogP contribution in [0.5, 0.6) is 0 Å². The number of fused-ring (bicyclic) bond motifs is 1. The van der Waals surface area contributed by atoms with Gasteiger partial charge in [0.05, 0.1) is 4.92 Å². The Morgan fingerprint density at radius 2 is 1.80 bits per heavy atom. The van der Waals surface area contributed by atoms with E-state index >= 15 is 0 Å². The smallest absolute Gasteiger partial charge is 0.258 e. The van der Waals surface area contributed by atoms with Crippen LogP contribution in [0, 0.1) is 10.1 Å². The van der Waals surface area contributed by atoms with Crippen molar-refractivity contribution < 1.29 is 9.55 Å². The molecule has 20 heavy (non-hydrogen) atoms. The number of nitro benzene ring substituents is 1. The van der Waals surface area contributed by atoms with Gasteiger partial charge in [0.2, 0.25) is 5.52 Å². The van der Waals surface area contributed by atoms with E-state index in [1.807, 2.05) is 24.3 Å². The molecule has 0 saturated carbocycles. The van der Waals surface area contributed by atoms with E-state index in [0.29, 0.717) is 5.52 Å². The Morgan fingerprint density at radius 1 is 1.10 bits per heavy atom. The van der Waals surface area contributed by atoms with Crippen molar-refractivity contribution in [3.63, 3.8) is 0 Å². The molecular formula is C12H6BrN3O3S. The van der Waals surface area contributed by atoms with E-state index in [0.717, 1.165) is 14.3 Å². The highest BCUT2D eigenvalue weighted by atomic mass is 79.9. The van der Waals surface area contributed by atoms with Gasteiger partial charge in [-0.3, -0.25) is 10.1 Å². The number of halogens is 1. The predicted octanol–water partition coefficient (Wildman–Crippen LogP) is 4.04. The summed E-state index contributed by atoms with van der Waals surface area (Å²) >= 11 is 4.81. The lowest BCUT2D eigenvalue weighted by Crippen LogP contribution is -1.90. The van der Waals surface area contributed by atoms with Crippen LogP contribution in [0.3, 0.4) is 0 Å². The second-order valence-electron chi connectivity index (χ2n) is 3.86. The average Bonchev–Trinajstić information content (AvgIpc) is 2.91. The molecule has 0 aliphatic heterocycles. The molecule has 0 radical (unpaired) electrons. The van der Waals surface area contributed by atoms with E-state index in [2.05, 4.69) is 30.9 Å². The van der Waals surface area contributed by atoms with Gasteiger partial charge in [-0.1, -0.05) is 27.7 Å². The number of nitro groups is 1. The topological polar surface area (TPSA) is 82.1 Å². The van der Waals surface area contributed by atoms with Crippen LogP contribution >= 0.6 is 27.7 Å². The zero-order chi connectivity index (χ0) is 14.1. The highest BCUT2D eigenvalue weighted by Gasteiger charge is 2.19. The van der Waals surface area contributed by atoms with Gasteiger partial charge in [0.15, 0.2) is 5.52 Å². The van der Waals surface area contributed by atoms with Gasteiger partial charge in [0.1, 0.15) is 0 Å². The fourth-order valence-electron chi connectivity index (χ4n) is 1.69. The molecule has 0 aliphatic rings. The normalized spacial score (nSPS) is 10.8.